The van der Waals surface area contributed by atoms with Crippen LogP contribution in [0.5, 0.6) is 0 Å². The number of carbonyl (C=O) groups is 1. The van der Waals surface area contributed by atoms with Gasteiger partial charge in [-0.25, -0.2) is 14.1 Å². The second-order valence-corrected chi connectivity index (χ2v) is 7.29. The smallest absolute Gasteiger partial charge is 0.267 e. The number of aryl methyl sites for hydroxylation is 2. The van der Waals surface area contributed by atoms with Crippen molar-refractivity contribution in [2.75, 3.05) is 6.54 Å². The molecule has 4 rings (SSSR count). The van der Waals surface area contributed by atoms with E-state index in [0.717, 1.165) is 30.5 Å². The monoisotopic (exact) mass is 383 g/mol. The molecule has 1 unspecified atom stereocenters. The van der Waals surface area contributed by atoms with Crippen molar-refractivity contribution in [2.45, 2.75) is 45.7 Å². The fourth-order valence-corrected chi connectivity index (χ4v) is 3.68. The fraction of sp³-hybridized carbons (Fsp3) is 0.400. The van der Waals surface area contributed by atoms with Crippen molar-refractivity contribution in [1.82, 2.24) is 24.6 Å². The summed E-state index contributed by atoms with van der Waals surface area (Å²) in [5.41, 5.74) is 2.52. The second-order valence-electron chi connectivity index (χ2n) is 7.29. The number of carbonyl (C=O) groups excluding carboxylic acids is 1. The third-order valence-electron chi connectivity index (χ3n) is 5.32. The summed E-state index contributed by atoms with van der Waals surface area (Å²) in [6.07, 6.45) is 2.64. The molecule has 1 saturated heterocycles. The number of aromatic amines is 1. The molecule has 1 atom stereocenters. The lowest BCUT2D eigenvalue weighted by Crippen LogP contribution is -2.42. The van der Waals surface area contributed by atoms with E-state index in [1.165, 1.54) is 22.9 Å². The van der Waals surface area contributed by atoms with Gasteiger partial charge in [0.15, 0.2) is 0 Å². The van der Waals surface area contributed by atoms with Gasteiger partial charge in [-0.3, -0.25) is 9.59 Å². The highest BCUT2D eigenvalue weighted by atomic mass is 19.1. The summed E-state index contributed by atoms with van der Waals surface area (Å²) in [5, 5.41) is 4.24. The maximum Gasteiger partial charge on any atom is 0.267 e. The Hall–Kier alpha value is -3.03. The van der Waals surface area contributed by atoms with Crippen LogP contribution in [0.1, 0.15) is 42.4 Å². The van der Waals surface area contributed by atoms with Gasteiger partial charge >= 0.3 is 0 Å². The molecular formula is C20H22FN5O2. The summed E-state index contributed by atoms with van der Waals surface area (Å²) in [4.78, 5) is 34.6. The first-order valence-corrected chi connectivity index (χ1v) is 9.42. The first-order valence-electron chi connectivity index (χ1n) is 9.42. The number of rotatable bonds is 3. The van der Waals surface area contributed by atoms with Crippen molar-refractivity contribution in [2.24, 2.45) is 0 Å². The highest BCUT2D eigenvalue weighted by Crippen LogP contribution is 2.30. The zero-order chi connectivity index (χ0) is 19.8. The van der Waals surface area contributed by atoms with Gasteiger partial charge in [0.1, 0.15) is 18.2 Å². The Morgan fingerprint density at radius 3 is 2.93 bits per heavy atom. The molecule has 8 heteroatoms. The summed E-state index contributed by atoms with van der Waals surface area (Å²) >= 11 is 0. The average Bonchev–Trinajstić information content (AvgIpc) is 3.09. The number of imidazole rings is 1. The lowest BCUT2D eigenvalue weighted by Gasteiger charge is -2.34. The molecule has 1 aromatic carbocycles. The predicted octanol–water partition coefficient (Wildman–Crippen LogP) is 2.63. The van der Waals surface area contributed by atoms with E-state index in [-0.39, 0.29) is 29.9 Å². The maximum atomic E-state index is 13.5. The Bertz CT molecular complexity index is 1100. The number of halogens is 1. The summed E-state index contributed by atoms with van der Waals surface area (Å²) < 4.78 is 14.7. The zero-order valence-corrected chi connectivity index (χ0v) is 15.9. The minimum Gasteiger partial charge on any atom is -0.340 e. The summed E-state index contributed by atoms with van der Waals surface area (Å²) in [7, 11) is 0. The predicted molar refractivity (Wildman–Crippen MR) is 102 cm³/mol. The fourth-order valence-electron chi connectivity index (χ4n) is 3.68. The lowest BCUT2D eigenvalue weighted by atomic mass is 10.0. The lowest BCUT2D eigenvalue weighted by molar-refractivity contribution is -0.136. The topological polar surface area (TPSA) is 83.9 Å². The molecule has 7 nitrogen and oxygen atoms in total. The second kappa shape index (κ2) is 7.18. The molecule has 1 fully saturated rings. The summed E-state index contributed by atoms with van der Waals surface area (Å²) in [5.74, 6) is 0.141. The number of nitrogens with zero attached hydrogens (tertiary/aromatic N) is 4. The molecule has 1 N–H and O–H groups in total. The van der Waals surface area contributed by atoms with Crippen LogP contribution in [0.3, 0.4) is 0 Å². The van der Waals surface area contributed by atoms with Crippen LogP contribution in [0.25, 0.3) is 11.0 Å². The third kappa shape index (κ3) is 3.42. The van der Waals surface area contributed by atoms with Gasteiger partial charge in [-0.05, 0) is 56.9 Å². The van der Waals surface area contributed by atoms with E-state index in [1.807, 2.05) is 13.8 Å². The van der Waals surface area contributed by atoms with E-state index >= 15 is 0 Å². The molecule has 146 valence electrons. The number of hydrogen-bond donors (Lipinski definition) is 1. The highest BCUT2D eigenvalue weighted by molar-refractivity contribution is 5.77. The Kier molecular flexibility index (Phi) is 4.70. The Morgan fingerprint density at radius 1 is 1.29 bits per heavy atom. The molecule has 0 radical (unpaired) electrons. The van der Waals surface area contributed by atoms with Gasteiger partial charge in [-0.1, -0.05) is 0 Å². The van der Waals surface area contributed by atoms with Crippen LogP contribution < -0.4 is 5.56 Å². The van der Waals surface area contributed by atoms with E-state index in [9.17, 15) is 14.0 Å². The number of aromatic nitrogens is 4. The number of amides is 1. The largest absolute Gasteiger partial charge is 0.340 e. The molecule has 3 aromatic rings. The minimum atomic E-state index is -0.334. The Labute approximate surface area is 161 Å². The van der Waals surface area contributed by atoms with E-state index in [0.29, 0.717) is 23.4 Å². The highest BCUT2D eigenvalue weighted by Gasteiger charge is 2.30. The Morgan fingerprint density at radius 2 is 2.11 bits per heavy atom. The average molecular weight is 383 g/mol. The van der Waals surface area contributed by atoms with Crippen molar-refractivity contribution >= 4 is 16.9 Å². The number of benzene rings is 1. The van der Waals surface area contributed by atoms with Gasteiger partial charge in [0.25, 0.3) is 5.56 Å². The first kappa shape index (κ1) is 18.3. The SMILES string of the molecule is Cc1cc(=O)n(CC(=O)N2CCCCC2c2nc3ccc(F)cc3[nH]2)nc1C. The number of hydrogen-bond acceptors (Lipinski definition) is 4. The number of nitrogens with one attached hydrogen (secondary N) is 1. The third-order valence-corrected chi connectivity index (χ3v) is 5.32. The van der Waals surface area contributed by atoms with Gasteiger partial charge in [0.2, 0.25) is 5.91 Å². The standard InChI is InChI=1S/C20H22FN5O2/c1-12-9-18(27)26(24-13(12)2)11-19(28)25-8-4-3-5-17(25)20-22-15-7-6-14(21)10-16(15)23-20/h6-7,9-10,17H,3-5,8,11H2,1-2H3,(H,22,23). The van der Waals surface area contributed by atoms with E-state index in [1.54, 1.807) is 11.0 Å². The van der Waals surface area contributed by atoms with Crippen LogP contribution in [0.15, 0.2) is 29.1 Å². The maximum absolute atomic E-state index is 13.5. The van der Waals surface area contributed by atoms with Crippen LogP contribution in [0, 0.1) is 19.7 Å². The molecule has 3 heterocycles. The molecule has 0 spiro atoms. The van der Waals surface area contributed by atoms with Crippen molar-refractivity contribution in [3.63, 3.8) is 0 Å². The Balaban J connectivity index is 1.62. The van der Waals surface area contributed by atoms with Crippen LogP contribution >= 0.6 is 0 Å². The molecule has 2 aromatic heterocycles. The van der Waals surface area contributed by atoms with Crippen LogP contribution in [0.4, 0.5) is 4.39 Å². The molecule has 1 aliphatic rings. The molecular weight excluding hydrogens is 361 g/mol. The van der Waals surface area contributed by atoms with Gasteiger partial charge in [-0.2, -0.15) is 5.10 Å². The summed E-state index contributed by atoms with van der Waals surface area (Å²) in [6, 6.07) is 5.67. The first-order chi connectivity index (χ1) is 13.4. The molecule has 1 amide bonds. The van der Waals surface area contributed by atoms with Gasteiger partial charge in [-0.15, -0.1) is 0 Å². The number of likely N-dealkylation sites (tertiary alicyclic amines) is 1. The van der Waals surface area contributed by atoms with Crippen molar-refractivity contribution in [1.29, 1.82) is 0 Å². The number of fused-ring (bicyclic) bond motifs is 1. The molecule has 28 heavy (non-hydrogen) atoms. The van der Waals surface area contributed by atoms with Crippen molar-refractivity contribution in [3.8, 4) is 0 Å². The van der Waals surface area contributed by atoms with Crippen molar-refractivity contribution < 1.29 is 9.18 Å². The van der Waals surface area contributed by atoms with E-state index in [2.05, 4.69) is 15.1 Å². The van der Waals surface area contributed by atoms with Crippen LogP contribution in [-0.4, -0.2) is 37.1 Å². The van der Waals surface area contributed by atoms with Gasteiger partial charge < -0.3 is 9.88 Å². The molecule has 0 aliphatic carbocycles. The minimum absolute atomic E-state index is 0.106. The van der Waals surface area contributed by atoms with Gasteiger partial charge in [0, 0.05) is 12.6 Å². The zero-order valence-electron chi connectivity index (χ0n) is 15.9. The molecule has 0 bridgehead atoms. The molecule has 0 saturated carbocycles. The van der Waals surface area contributed by atoms with E-state index < -0.39 is 0 Å². The number of H-pyrrole nitrogens is 1. The number of piperidine rings is 1. The van der Waals surface area contributed by atoms with E-state index in [4.69, 9.17) is 0 Å². The van der Waals surface area contributed by atoms with Crippen LogP contribution in [-0.2, 0) is 11.3 Å². The molecule has 1 aliphatic heterocycles. The van der Waals surface area contributed by atoms with Gasteiger partial charge in [0.05, 0.1) is 22.8 Å². The van der Waals surface area contributed by atoms with Crippen molar-refractivity contribution in [3.05, 3.63) is 57.5 Å². The normalized spacial score (nSPS) is 17.2. The quantitative estimate of drug-likeness (QED) is 0.754. The van der Waals surface area contributed by atoms with Crippen LogP contribution in [0.2, 0.25) is 0 Å². The summed E-state index contributed by atoms with van der Waals surface area (Å²) in [6.45, 7) is 4.12.